The van der Waals surface area contributed by atoms with Crippen molar-refractivity contribution in [3.63, 3.8) is 0 Å². The van der Waals surface area contributed by atoms with Crippen molar-refractivity contribution >= 4 is 15.9 Å². The van der Waals surface area contributed by atoms with E-state index >= 15 is 0 Å². The van der Waals surface area contributed by atoms with Crippen LogP contribution >= 0.6 is 0 Å². The number of aryl methyl sites for hydroxylation is 1. The number of rotatable bonds is 9. The molecule has 0 aliphatic carbocycles. The fraction of sp³-hybridized carbons (Fsp3) is 0.350. The van der Waals surface area contributed by atoms with E-state index in [1.165, 1.54) is 9.87 Å². The highest BCUT2D eigenvalue weighted by Gasteiger charge is 2.25. The summed E-state index contributed by atoms with van der Waals surface area (Å²) in [4.78, 5) is 12.5. The van der Waals surface area contributed by atoms with Crippen LogP contribution < -0.4 is 5.32 Å². The Kier molecular flexibility index (Phi) is 7.36. The summed E-state index contributed by atoms with van der Waals surface area (Å²) in [6.07, 6.45) is 1.66. The highest BCUT2D eigenvalue weighted by Crippen LogP contribution is 2.14. The van der Waals surface area contributed by atoms with Gasteiger partial charge in [0.1, 0.15) is 0 Å². The van der Waals surface area contributed by atoms with Crippen LogP contribution in [0.1, 0.15) is 25.8 Å². The minimum atomic E-state index is -3.66. The monoisotopic (exact) mass is 374 g/mol. The van der Waals surface area contributed by atoms with Crippen LogP contribution in [0.25, 0.3) is 0 Å². The molecule has 0 bridgehead atoms. The molecule has 6 heteroatoms. The van der Waals surface area contributed by atoms with Gasteiger partial charge < -0.3 is 5.32 Å². The lowest BCUT2D eigenvalue weighted by Gasteiger charge is -2.21. The van der Waals surface area contributed by atoms with Gasteiger partial charge in [0.25, 0.3) is 0 Å². The van der Waals surface area contributed by atoms with Crippen LogP contribution in [0.5, 0.6) is 0 Å². The van der Waals surface area contributed by atoms with E-state index in [1.807, 2.05) is 25.1 Å². The minimum Gasteiger partial charge on any atom is -0.352 e. The van der Waals surface area contributed by atoms with E-state index in [-0.39, 0.29) is 29.9 Å². The Bertz CT molecular complexity index is 792. The van der Waals surface area contributed by atoms with Crippen LogP contribution in [0.3, 0.4) is 0 Å². The SMILES string of the molecule is CCN(CC(=O)NC(C)CCc1ccccc1)S(=O)(=O)c1ccccc1. The largest absolute Gasteiger partial charge is 0.352 e. The highest BCUT2D eigenvalue weighted by molar-refractivity contribution is 7.89. The molecule has 1 amide bonds. The average Bonchev–Trinajstić information content (AvgIpc) is 2.66. The van der Waals surface area contributed by atoms with E-state index in [2.05, 4.69) is 17.4 Å². The zero-order valence-corrected chi connectivity index (χ0v) is 16.1. The topological polar surface area (TPSA) is 66.5 Å². The first-order valence-electron chi connectivity index (χ1n) is 8.82. The number of nitrogens with zero attached hydrogens (tertiary/aromatic N) is 1. The second kappa shape index (κ2) is 9.50. The van der Waals surface area contributed by atoms with Crippen molar-refractivity contribution in [2.75, 3.05) is 13.1 Å². The van der Waals surface area contributed by atoms with E-state index in [1.54, 1.807) is 37.3 Å². The van der Waals surface area contributed by atoms with Gasteiger partial charge in [0.05, 0.1) is 11.4 Å². The molecule has 26 heavy (non-hydrogen) atoms. The molecule has 0 fully saturated rings. The fourth-order valence-electron chi connectivity index (χ4n) is 2.69. The van der Waals surface area contributed by atoms with Crippen molar-refractivity contribution in [2.45, 2.75) is 37.6 Å². The molecule has 0 aliphatic heterocycles. The van der Waals surface area contributed by atoms with E-state index < -0.39 is 10.0 Å². The third-order valence-electron chi connectivity index (χ3n) is 4.17. The average molecular weight is 375 g/mol. The molecule has 5 nitrogen and oxygen atoms in total. The van der Waals surface area contributed by atoms with Crippen LogP contribution in [0.4, 0.5) is 0 Å². The van der Waals surface area contributed by atoms with Gasteiger partial charge in [-0.3, -0.25) is 4.79 Å². The lowest BCUT2D eigenvalue weighted by atomic mass is 10.1. The molecule has 0 saturated carbocycles. The number of hydrogen-bond donors (Lipinski definition) is 1. The molecular formula is C20H26N2O3S. The quantitative estimate of drug-likeness (QED) is 0.734. The van der Waals surface area contributed by atoms with Crippen molar-refractivity contribution < 1.29 is 13.2 Å². The second-order valence-corrected chi connectivity index (χ2v) is 8.18. The smallest absolute Gasteiger partial charge is 0.243 e. The van der Waals surface area contributed by atoms with E-state index in [0.717, 1.165) is 12.8 Å². The number of sulfonamides is 1. The molecular weight excluding hydrogens is 348 g/mol. The van der Waals surface area contributed by atoms with Crippen molar-refractivity contribution in [3.05, 3.63) is 66.2 Å². The number of hydrogen-bond acceptors (Lipinski definition) is 3. The van der Waals surface area contributed by atoms with Crippen molar-refractivity contribution in [3.8, 4) is 0 Å². The molecule has 1 N–H and O–H groups in total. The summed E-state index contributed by atoms with van der Waals surface area (Å²) in [5.74, 6) is -0.285. The maximum Gasteiger partial charge on any atom is 0.243 e. The Morgan fingerprint density at radius 3 is 2.19 bits per heavy atom. The lowest BCUT2D eigenvalue weighted by molar-refractivity contribution is -0.121. The van der Waals surface area contributed by atoms with Gasteiger partial charge in [-0.2, -0.15) is 4.31 Å². The first-order chi connectivity index (χ1) is 12.4. The van der Waals surface area contributed by atoms with Gasteiger partial charge in [0.2, 0.25) is 15.9 Å². The first-order valence-corrected chi connectivity index (χ1v) is 10.3. The molecule has 0 aliphatic rings. The van der Waals surface area contributed by atoms with Crippen molar-refractivity contribution in [1.82, 2.24) is 9.62 Å². The molecule has 0 aromatic heterocycles. The predicted molar refractivity (Wildman–Crippen MR) is 103 cm³/mol. The molecule has 1 unspecified atom stereocenters. The summed E-state index contributed by atoms with van der Waals surface area (Å²) in [6, 6.07) is 18.2. The van der Waals surface area contributed by atoms with Gasteiger partial charge in [0.15, 0.2) is 0 Å². The fourth-order valence-corrected chi connectivity index (χ4v) is 4.12. The number of likely N-dealkylation sites (N-methyl/N-ethyl adjacent to an activating group) is 1. The number of carbonyl (C=O) groups is 1. The highest BCUT2D eigenvalue weighted by atomic mass is 32.2. The Morgan fingerprint density at radius 2 is 1.62 bits per heavy atom. The zero-order chi connectivity index (χ0) is 19.0. The number of benzene rings is 2. The molecule has 0 radical (unpaired) electrons. The third-order valence-corrected chi connectivity index (χ3v) is 6.10. The Morgan fingerprint density at radius 1 is 1.04 bits per heavy atom. The van der Waals surface area contributed by atoms with Gasteiger partial charge >= 0.3 is 0 Å². The van der Waals surface area contributed by atoms with Gasteiger partial charge in [-0.25, -0.2) is 8.42 Å². The molecule has 2 aromatic carbocycles. The third kappa shape index (κ3) is 5.68. The van der Waals surface area contributed by atoms with Gasteiger partial charge in [-0.15, -0.1) is 0 Å². The minimum absolute atomic E-state index is 0.0270. The Balaban J connectivity index is 1.90. The predicted octanol–water partition coefficient (Wildman–Crippen LogP) is 2.83. The molecule has 1 atom stereocenters. The summed E-state index contributed by atoms with van der Waals surface area (Å²) in [5.41, 5.74) is 1.22. The van der Waals surface area contributed by atoms with Gasteiger partial charge in [-0.05, 0) is 37.5 Å². The van der Waals surface area contributed by atoms with Crippen LogP contribution in [0.2, 0.25) is 0 Å². The number of carbonyl (C=O) groups excluding carboxylic acids is 1. The normalized spacial score (nSPS) is 12.7. The molecule has 0 spiro atoms. The summed E-state index contributed by atoms with van der Waals surface area (Å²) in [7, 11) is -3.66. The van der Waals surface area contributed by atoms with E-state index in [9.17, 15) is 13.2 Å². The van der Waals surface area contributed by atoms with Crippen LogP contribution in [0, 0.1) is 0 Å². The van der Waals surface area contributed by atoms with Crippen molar-refractivity contribution in [1.29, 1.82) is 0 Å². The first kappa shape index (κ1) is 20.1. The van der Waals surface area contributed by atoms with Crippen molar-refractivity contribution in [2.24, 2.45) is 0 Å². The maximum absolute atomic E-state index is 12.6. The summed E-state index contributed by atoms with van der Waals surface area (Å²) in [5, 5.41) is 2.89. The zero-order valence-electron chi connectivity index (χ0n) is 15.3. The van der Waals surface area contributed by atoms with Gasteiger partial charge in [-0.1, -0.05) is 55.5 Å². The molecule has 2 aromatic rings. The molecule has 140 valence electrons. The van der Waals surface area contributed by atoms with E-state index in [0.29, 0.717) is 0 Å². The maximum atomic E-state index is 12.6. The lowest BCUT2D eigenvalue weighted by Crippen LogP contribution is -2.43. The number of amides is 1. The Labute approximate surface area is 156 Å². The standard InChI is InChI=1S/C20H26N2O3S/c1-3-22(26(24,25)19-12-8-5-9-13-19)16-20(23)21-17(2)14-15-18-10-6-4-7-11-18/h4-13,17H,3,14-16H2,1-2H3,(H,21,23). The Hall–Kier alpha value is -2.18. The van der Waals surface area contributed by atoms with Gasteiger partial charge in [0, 0.05) is 12.6 Å². The number of nitrogens with one attached hydrogen (secondary N) is 1. The van der Waals surface area contributed by atoms with Crippen LogP contribution in [-0.4, -0.2) is 37.8 Å². The van der Waals surface area contributed by atoms with Crippen LogP contribution in [-0.2, 0) is 21.2 Å². The second-order valence-electron chi connectivity index (χ2n) is 6.24. The summed E-state index contributed by atoms with van der Waals surface area (Å²) >= 11 is 0. The summed E-state index contributed by atoms with van der Waals surface area (Å²) < 4.78 is 26.5. The molecule has 0 heterocycles. The van der Waals surface area contributed by atoms with E-state index in [4.69, 9.17) is 0 Å². The molecule has 2 rings (SSSR count). The molecule has 0 saturated heterocycles. The summed E-state index contributed by atoms with van der Waals surface area (Å²) in [6.45, 7) is 3.72. The van der Waals surface area contributed by atoms with Crippen LogP contribution in [0.15, 0.2) is 65.6 Å².